The van der Waals surface area contributed by atoms with Crippen molar-refractivity contribution >= 4 is 33.4 Å². The van der Waals surface area contributed by atoms with Crippen molar-refractivity contribution in [3.8, 4) is 0 Å². The van der Waals surface area contributed by atoms with E-state index in [0.29, 0.717) is 22.1 Å². The van der Waals surface area contributed by atoms with E-state index in [1.54, 1.807) is 17.8 Å². The van der Waals surface area contributed by atoms with E-state index >= 15 is 0 Å². The fraction of sp³-hybridized carbons (Fsp3) is 0.458. The van der Waals surface area contributed by atoms with Gasteiger partial charge in [0, 0.05) is 0 Å². The molecular formula is C24H33IN4O5S2. The van der Waals surface area contributed by atoms with E-state index in [9.17, 15) is 23.3 Å². The maximum atomic E-state index is 12.9. The van der Waals surface area contributed by atoms with Crippen LogP contribution >= 0.6 is 11.8 Å². The van der Waals surface area contributed by atoms with Crippen LogP contribution in [0.2, 0.25) is 0 Å². The maximum absolute atomic E-state index is 12.9. The van der Waals surface area contributed by atoms with Crippen LogP contribution in [0.5, 0.6) is 0 Å². The Bertz CT molecular complexity index is 1140. The summed E-state index contributed by atoms with van der Waals surface area (Å²) in [5, 5.41) is 12.9. The molecule has 2 aromatic carbocycles. The van der Waals surface area contributed by atoms with Crippen molar-refractivity contribution in [2.75, 3.05) is 31.7 Å². The molecule has 3 rings (SSSR count). The van der Waals surface area contributed by atoms with Crippen molar-refractivity contribution in [2.45, 2.75) is 47.9 Å². The summed E-state index contributed by atoms with van der Waals surface area (Å²) in [6.07, 6.45) is 4.03. The Morgan fingerprint density at radius 3 is 2.53 bits per heavy atom. The quantitative estimate of drug-likeness (QED) is 0.125. The Labute approximate surface area is 227 Å². The van der Waals surface area contributed by atoms with Gasteiger partial charge in [-0.05, 0) is 0 Å². The van der Waals surface area contributed by atoms with Crippen molar-refractivity contribution in [1.82, 2.24) is 9.62 Å². The van der Waals surface area contributed by atoms with Crippen LogP contribution in [0.1, 0.15) is 32.1 Å². The zero-order valence-electron chi connectivity index (χ0n) is 20.4. The minimum atomic E-state index is -4.09. The number of amides is 1. The number of nitrogens with one attached hydrogen (secondary N) is 2. The molecule has 1 amide bonds. The third kappa shape index (κ3) is 8.89. The van der Waals surface area contributed by atoms with Crippen LogP contribution in [0.25, 0.3) is 0 Å². The molecule has 0 bridgehead atoms. The number of hydrogen-bond donors (Lipinski definition) is 3. The van der Waals surface area contributed by atoms with Crippen molar-refractivity contribution < 1.29 is 43.0 Å². The molecule has 0 saturated heterocycles. The average molecular weight is 649 g/mol. The molecule has 1 aliphatic carbocycles. The molecule has 9 nitrogen and oxygen atoms in total. The zero-order chi connectivity index (χ0) is 26.1. The predicted octanol–water partition coefficient (Wildman–Crippen LogP) is 0.548. The molecule has 0 heterocycles. The number of benzene rings is 2. The van der Waals surface area contributed by atoms with Gasteiger partial charge in [0.25, 0.3) is 0 Å². The van der Waals surface area contributed by atoms with Gasteiger partial charge in [-0.25, -0.2) is 0 Å². The van der Waals surface area contributed by atoms with Crippen LogP contribution in [-0.2, 0) is 14.8 Å². The number of sulfonamides is 1. The Kier molecular flexibility index (Phi) is 10.8. The zero-order valence-corrected chi connectivity index (χ0v) is 24.2. The van der Waals surface area contributed by atoms with E-state index in [2.05, 4.69) is 14.9 Å². The number of rotatable bonds is 13. The Balaban J connectivity index is 1.80. The first kappa shape index (κ1) is 28.7. The standard InChI is InChI=1S/C24H33IN4O5S2/c1-28(2)15-14-19(17-35-20-10-4-3-5-11-20)26-23-13-12-21(16-22(23)25-29(31)32)36(33,34)27-24(30)18-8-6-7-9-18/h3-5,10-13,16,18-19,26H,6-9,14-15,17H2,1-2H3,(H,27,30)(H,31,32)/t19-/m1/s1. The molecule has 0 radical (unpaired) electrons. The Morgan fingerprint density at radius 1 is 1.19 bits per heavy atom. The number of hydrogen-bond acceptors (Lipinski definition) is 7. The summed E-state index contributed by atoms with van der Waals surface area (Å²) in [7, 11) is -0.0931. The van der Waals surface area contributed by atoms with Crippen LogP contribution in [-0.4, -0.2) is 60.0 Å². The SMILES string of the molecule is CN(C)CC[C@H](CSc1ccccc1)Nc1ccc(S(=O)(=O)NC(=O)C2CCCC2)cc1[I-][N+](=O)O. The van der Waals surface area contributed by atoms with Crippen LogP contribution in [0.3, 0.4) is 0 Å². The number of anilines is 1. The van der Waals surface area contributed by atoms with Crippen LogP contribution in [0.15, 0.2) is 58.3 Å². The molecular weight excluding hydrogens is 615 g/mol. The first-order chi connectivity index (χ1) is 17.1. The van der Waals surface area contributed by atoms with Gasteiger partial charge in [0.05, 0.1) is 0 Å². The molecule has 12 heteroatoms. The van der Waals surface area contributed by atoms with Gasteiger partial charge in [0.1, 0.15) is 0 Å². The number of nitrogens with zero attached hydrogens (tertiary/aromatic N) is 2. The first-order valence-corrected chi connectivity index (χ1v) is 16.3. The molecule has 1 saturated carbocycles. The molecule has 0 unspecified atom stereocenters. The van der Waals surface area contributed by atoms with Gasteiger partial charge >= 0.3 is 229 Å². The van der Waals surface area contributed by atoms with Crippen LogP contribution in [0.4, 0.5) is 5.69 Å². The Hall–Kier alpha value is -1.90. The molecule has 0 aliphatic heterocycles. The number of halogens is 1. The summed E-state index contributed by atoms with van der Waals surface area (Å²) in [4.78, 5) is 27.1. The molecule has 198 valence electrons. The topological polar surface area (TPSA) is 119 Å². The molecule has 36 heavy (non-hydrogen) atoms. The van der Waals surface area contributed by atoms with Gasteiger partial charge in [-0.15, -0.1) is 0 Å². The van der Waals surface area contributed by atoms with E-state index in [-0.39, 0.29) is 20.0 Å². The minimum absolute atomic E-state index is 0.0312. The monoisotopic (exact) mass is 648 g/mol. The number of thioether (sulfide) groups is 1. The summed E-state index contributed by atoms with van der Waals surface area (Å²) < 4.78 is 28.3. The van der Waals surface area contributed by atoms with Crippen molar-refractivity contribution in [3.63, 3.8) is 0 Å². The van der Waals surface area contributed by atoms with E-state index < -0.39 is 37.4 Å². The van der Waals surface area contributed by atoms with E-state index in [1.165, 1.54) is 12.1 Å². The fourth-order valence-electron chi connectivity index (χ4n) is 3.94. The average Bonchev–Trinajstić information content (AvgIpc) is 3.37. The van der Waals surface area contributed by atoms with Crippen LogP contribution in [0, 0.1) is 14.4 Å². The summed E-state index contributed by atoms with van der Waals surface area (Å²) in [5.74, 6) is -0.0187. The first-order valence-electron chi connectivity index (χ1n) is 11.7. The molecule has 0 spiro atoms. The van der Waals surface area contributed by atoms with Gasteiger partial charge in [0.2, 0.25) is 0 Å². The molecule has 3 N–H and O–H groups in total. The van der Waals surface area contributed by atoms with Gasteiger partial charge in [-0.2, -0.15) is 0 Å². The normalized spacial score (nSPS) is 15.2. The van der Waals surface area contributed by atoms with Crippen molar-refractivity contribution in [3.05, 3.63) is 57.0 Å². The van der Waals surface area contributed by atoms with Crippen LogP contribution < -0.4 is 31.5 Å². The van der Waals surface area contributed by atoms with Gasteiger partial charge in [-0.1, -0.05) is 0 Å². The molecule has 1 aliphatic rings. The molecule has 0 aromatic heterocycles. The fourth-order valence-corrected chi connectivity index (χ4v) is 7.72. The molecule has 1 fully saturated rings. The number of carbonyl (C=O) groups is 1. The summed E-state index contributed by atoms with van der Waals surface area (Å²) in [5.41, 5.74) is 0.608. The van der Waals surface area contributed by atoms with E-state index in [1.807, 2.05) is 44.4 Å². The third-order valence-electron chi connectivity index (χ3n) is 5.85. The van der Waals surface area contributed by atoms with E-state index in [4.69, 9.17) is 0 Å². The summed E-state index contributed by atoms with van der Waals surface area (Å²) in [6, 6.07) is 14.5. The van der Waals surface area contributed by atoms with E-state index in [0.717, 1.165) is 36.5 Å². The number of carbonyl (C=O) groups excluding carboxylic acids is 1. The molecule has 2 aromatic rings. The second-order valence-electron chi connectivity index (χ2n) is 8.96. The van der Waals surface area contributed by atoms with Gasteiger partial charge < -0.3 is 0 Å². The second kappa shape index (κ2) is 13.6. The Morgan fingerprint density at radius 2 is 1.89 bits per heavy atom. The summed E-state index contributed by atoms with van der Waals surface area (Å²) in [6.45, 7) is 0.838. The van der Waals surface area contributed by atoms with Gasteiger partial charge in [-0.3, -0.25) is 0 Å². The second-order valence-corrected chi connectivity index (χ2v) is 14.2. The molecule has 1 atom stereocenters. The third-order valence-corrected chi connectivity index (χ3v) is 10.2. The predicted molar refractivity (Wildman–Crippen MR) is 136 cm³/mol. The van der Waals surface area contributed by atoms with Crippen molar-refractivity contribution in [2.24, 2.45) is 5.92 Å². The summed E-state index contributed by atoms with van der Waals surface area (Å²) >= 11 is 0.126. The van der Waals surface area contributed by atoms with Crippen molar-refractivity contribution in [1.29, 1.82) is 0 Å². The van der Waals surface area contributed by atoms with Gasteiger partial charge in [0.15, 0.2) is 0 Å².